The molecule has 0 heterocycles. The molecule has 0 aliphatic rings. The van der Waals surface area contributed by atoms with Crippen molar-refractivity contribution in [3.63, 3.8) is 0 Å². The average molecular weight is 214 g/mol. The summed E-state index contributed by atoms with van der Waals surface area (Å²) in [5, 5.41) is 9.55. The molecule has 0 aliphatic carbocycles. The van der Waals surface area contributed by atoms with Gasteiger partial charge in [-0.15, -0.1) is 0 Å². The first kappa shape index (κ1) is 12.1. The van der Waals surface area contributed by atoms with Gasteiger partial charge in [0.25, 0.3) is 0 Å². The third kappa shape index (κ3) is 3.59. The molecule has 1 unspecified atom stereocenters. The van der Waals surface area contributed by atoms with Gasteiger partial charge >= 0.3 is 0 Å². The standard InChI is InChI=1S/C12H16F2O/c1-2-3-5-9(15)8-10-11(13)6-4-7-12(10)14/h4,6-7,9,15H,2-3,5,8H2,1H3. The SMILES string of the molecule is CCCCC(O)Cc1c(F)cccc1F. The summed E-state index contributed by atoms with van der Waals surface area (Å²) < 4.78 is 26.4. The topological polar surface area (TPSA) is 20.2 Å². The van der Waals surface area contributed by atoms with Crippen LogP contribution in [0.25, 0.3) is 0 Å². The van der Waals surface area contributed by atoms with Crippen LogP contribution in [0.1, 0.15) is 31.7 Å². The van der Waals surface area contributed by atoms with E-state index in [-0.39, 0.29) is 12.0 Å². The van der Waals surface area contributed by atoms with Crippen molar-refractivity contribution in [2.24, 2.45) is 0 Å². The largest absolute Gasteiger partial charge is 0.393 e. The normalized spacial score (nSPS) is 12.8. The smallest absolute Gasteiger partial charge is 0.129 e. The van der Waals surface area contributed by atoms with E-state index < -0.39 is 17.7 Å². The number of aliphatic hydroxyl groups is 1. The van der Waals surface area contributed by atoms with Gasteiger partial charge in [0.2, 0.25) is 0 Å². The molecule has 1 nitrogen and oxygen atoms in total. The molecule has 0 spiro atoms. The van der Waals surface area contributed by atoms with Crippen LogP contribution < -0.4 is 0 Å². The van der Waals surface area contributed by atoms with Crippen LogP contribution in [0.5, 0.6) is 0 Å². The van der Waals surface area contributed by atoms with Gasteiger partial charge in [0.05, 0.1) is 6.10 Å². The van der Waals surface area contributed by atoms with E-state index in [0.29, 0.717) is 6.42 Å². The van der Waals surface area contributed by atoms with Gasteiger partial charge in [0, 0.05) is 12.0 Å². The highest BCUT2D eigenvalue weighted by Gasteiger charge is 2.12. The minimum absolute atomic E-state index is 0.0129. The molecule has 0 bridgehead atoms. The molecule has 84 valence electrons. The molecule has 0 amide bonds. The van der Waals surface area contributed by atoms with Crippen LogP contribution in [0.15, 0.2) is 18.2 Å². The van der Waals surface area contributed by atoms with E-state index in [4.69, 9.17) is 0 Å². The lowest BCUT2D eigenvalue weighted by Gasteiger charge is -2.11. The van der Waals surface area contributed by atoms with Gasteiger partial charge < -0.3 is 5.11 Å². The van der Waals surface area contributed by atoms with Crippen LogP contribution in [-0.2, 0) is 6.42 Å². The summed E-state index contributed by atoms with van der Waals surface area (Å²) in [7, 11) is 0. The fourth-order valence-corrected chi connectivity index (χ4v) is 1.50. The van der Waals surface area contributed by atoms with Crippen molar-refractivity contribution in [2.45, 2.75) is 38.7 Å². The van der Waals surface area contributed by atoms with Gasteiger partial charge in [-0.25, -0.2) is 8.78 Å². The van der Waals surface area contributed by atoms with E-state index in [9.17, 15) is 13.9 Å². The number of hydrogen-bond acceptors (Lipinski definition) is 1. The summed E-state index contributed by atoms with van der Waals surface area (Å²) in [4.78, 5) is 0. The number of aliphatic hydroxyl groups excluding tert-OH is 1. The average Bonchev–Trinajstić information content (AvgIpc) is 2.21. The zero-order valence-corrected chi connectivity index (χ0v) is 8.84. The molecule has 1 aromatic rings. The number of rotatable bonds is 5. The Morgan fingerprint density at radius 1 is 1.27 bits per heavy atom. The van der Waals surface area contributed by atoms with Crippen molar-refractivity contribution in [3.8, 4) is 0 Å². The zero-order valence-electron chi connectivity index (χ0n) is 8.84. The summed E-state index contributed by atoms with van der Waals surface area (Å²) in [6, 6.07) is 3.75. The van der Waals surface area contributed by atoms with Crippen molar-refractivity contribution < 1.29 is 13.9 Å². The maximum absolute atomic E-state index is 13.2. The lowest BCUT2D eigenvalue weighted by molar-refractivity contribution is 0.159. The maximum atomic E-state index is 13.2. The summed E-state index contributed by atoms with van der Waals surface area (Å²) in [6.45, 7) is 2.01. The molecule has 0 saturated heterocycles. The van der Waals surface area contributed by atoms with E-state index in [1.54, 1.807) is 0 Å². The van der Waals surface area contributed by atoms with Crippen molar-refractivity contribution in [3.05, 3.63) is 35.4 Å². The number of unbranched alkanes of at least 4 members (excludes halogenated alkanes) is 1. The molecule has 15 heavy (non-hydrogen) atoms. The first-order valence-electron chi connectivity index (χ1n) is 5.26. The molecular weight excluding hydrogens is 198 g/mol. The van der Waals surface area contributed by atoms with Crippen molar-refractivity contribution in [2.75, 3.05) is 0 Å². The lowest BCUT2D eigenvalue weighted by Crippen LogP contribution is -2.12. The lowest BCUT2D eigenvalue weighted by atomic mass is 10.0. The molecule has 1 N–H and O–H groups in total. The highest BCUT2D eigenvalue weighted by molar-refractivity contribution is 5.20. The Morgan fingerprint density at radius 3 is 2.40 bits per heavy atom. The Morgan fingerprint density at radius 2 is 1.87 bits per heavy atom. The van der Waals surface area contributed by atoms with Crippen molar-refractivity contribution in [1.29, 1.82) is 0 Å². The summed E-state index contributed by atoms with van der Waals surface area (Å²) in [5.41, 5.74) is -0.0129. The minimum Gasteiger partial charge on any atom is -0.393 e. The van der Waals surface area contributed by atoms with E-state index in [2.05, 4.69) is 0 Å². The molecular formula is C12H16F2O. The van der Waals surface area contributed by atoms with Gasteiger partial charge in [-0.3, -0.25) is 0 Å². The second-order valence-corrected chi connectivity index (χ2v) is 3.70. The molecule has 0 aliphatic heterocycles. The molecule has 0 aromatic heterocycles. The van der Waals surface area contributed by atoms with E-state index in [1.807, 2.05) is 6.92 Å². The van der Waals surface area contributed by atoms with Gasteiger partial charge in [0.15, 0.2) is 0 Å². The van der Waals surface area contributed by atoms with Gasteiger partial charge in [-0.1, -0.05) is 25.8 Å². The minimum atomic E-state index is -0.656. The molecule has 1 atom stereocenters. The fourth-order valence-electron chi connectivity index (χ4n) is 1.50. The number of halogens is 2. The van der Waals surface area contributed by atoms with Crippen LogP contribution in [0.2, 0.25) is 0 Å². The third-order valence-electron chi connectivity index (χ3n) is 2.39. The number of benzene rings is 1. The zero-order chi connectivity index (χ0) is 11.3. The Hall–Kier alpha value is -0.960. The van der Waals surface area contributed by atoms with Gasteiger partial charge in [-0.2, -0.15) is 0 Å². The first-order chi connectivity index (χ1) is 7.15. The summed E-state index contributed by atoms with van der Waals surface area (Å²) in [6.07, 6.45) is 1.83. The van der Waals surface area contributed by atoms with Gasteiger partial charge in [-0.05, 0) is 18.6 Å². The predicted octanol–water partition coefficient (Wildman–Crippen LogP) is 3.06. The Bertz CT molecular complexity index is 292. The Kier molecular flexibility index (Phi) is 4.69. The van der Waals surface area contributed by atoms with Crippen molar-refractivity contribution in [1.82, 2.24) is 0 Å². The number of hydrogen-bond donors (Lipinski definition) is 1. The van der Waals surface area contributed by atoms with Crippen LogP contribution >= 0.6 is 0 Å². The second-order valence-electron chi connectivity index (χ2n) is 3.70. The predicted molar refractivity (Wildman–Crippen MR) is 55.6 cm³/mol. The monoisotopic (exact) mass is 214 g/mol. The Balaban J connectivity index is 2.63. The van der Waals surface area contributed by atoms with Gasteiger partial charge in [0.1, 0.15) is 11.6 Å². The molecule has 3 heteroatoms. The highest BCUT2D eigenvalue weighted by atomic mass is 19.1. The Labute approximate surface area is 88.7 Å². The second kappa shape index (κ2) is 5.81. The van der Waals surface area contributed by atoms with E-state index in [0.717, 1.165) is 12.8 Å². The highest BCUT2D eigenvalue weighted by Crippen LogP contribution is 2.16. The first-order valence-corrected chi connectivity index (χ1v) is 5.26. The van der Waals surface area contributed by atoms with Crippen LogP contribution in [0.4, 0.5) is 8.78 Å². The molecule has 1 aromatic carbocycles. The summed E-state index contributed by atoms with van der Waals surface area (Å²) >= 11 is 0. The van der Waals surface area contributed by atoms with Crippen LogP contribution in [0, 0.1) is 11.6 Å². The molecule has 1 rings (SSSR count). The third-order valence-corrected chi connectivity index (χ3v) is 2.39. The quantitative estimate of drug-likeness (QED) is 0.798. The molecule has 0 fully saturated rings. The van der Waals surface area contributed by atoms with Crippen LogP contribution in [-0.4, -0.2) is 11.2 Å². The summed E-state index contributed by atoms with van der Waals surface area (Å²) in [5.74, 6) is -1.16. The molecule has 0 saturated carbocycles. The van der Waals surface area contributed by atoms with E-state index in [1.165, 1.54) is 18.2 Å². The maximum Gasteiger partial charge on any atom is 0.129 e. The fraction of sp³-hybridized carbons (Fsp3) is 0.500. The molecule has 0 radical (unpaired) electrons. The van der Waals surface area contributed by atoms with E-state index >= 15 is 0 Å². The van der Waals surface area contributed by atoms with Crippen molar-refractivity contribution >= 4 is 0 Å². The van der Waals surface area contributed by atoms with Crippen LogP contribution in [0.3, 0.4) is 0 Å².